The van der Waals surface area contributed by atoms with Crippen LogP contribution in [0.2, 0.25) is 0 Å². The highest BCUT2D eigenvalue weighted by molar-refractivity contribution is 6.24. The summed E-state index contributed by atoms with van der Waals surface area (Å²) in [6.45, 7) is 0. The third-order valence-electron chi connectivity index (χ3n) is 7.47. The summed E-state index contributed by atoms with van der Waals surface area (Å²) in [6, 6.07) is 2.08. The molecule has 9 nitrogen and oxygen atoms in total. The molecule has 0 spiro atoms. The lowest BCUT2D eigenvalue weighted by Gasteiger charge is -2.50. The Morgan fingerprint density at radius 3 is 2.54 bits per heavy atom. The van der Waals surface area contributed by atoms with Gasteiger partial charge >= 0.3 is 0 Å². The van der Waals surface area contributed by atoms with E-state index in [2.05, 4.69) is 5.92 Å². The van der Waals surface area contributed by atoms with Crippen LogP contribution in [0, 0.1) is 24.2 Å². The zero-order valence-electron chi connectivity index (χ0n) is 19.5. The summed E-state index contributed by atoms with van der Waals surface area (Å²) in [5, 5.41) is 44.1. The first-order valence-electron chi connectivity index (χ1n) is 11.4. The molecule has 1 fully saturated rings. The van der Waals surface area contributed by atoms with Gasteiger partial charge in [-0.2, -0.15) is 0 Å². The van der Waals surface area contributed by atoms with Gasteiger partial charge in [0.1, 0.15) is 22.8 Å². The average molecular weight is 481 g/mol. The van der Waals surface area contributed by atoms with Crippen LogP contribution in [0.5, 0.6) is 5.75 Å². The number of aliphatic hydroxyl groups is 3. The lowest BCUT2D eigenvalue weighted by atomic mass is 9.57. The first-order chi connectivity index (χ1) is 16.5. The van der Waals surface area contributed by atoms with E-state index in [-0.39, 0.29) is 29.7 Å². The molecule has 1 saturated carbocycles. The lowest BCUT2D eigenvalue weighted by molar-refractivity contribution is -0.153. The number of aryl methyl sites for hydroxylation is 1. The van der Waals surface area contributed by atoms with E-state index < -0.39 is 58.0 Å². The molecule has 1 unspecified atom stereocenters. The Balaban J connectivity index is 1.92. The van der Waals surface area contributed by atoms with Crippen molar-refractivity contribution in [3.8, 4) is 18.1 Å². The van der Waals surface area contributed by atoms with E-state index in [0.29, 0.717) is 24.8 Å². The zero-order chi connectivity index (χ0) is 25.8. The third-order valence-corrected chi connectivity index (χ3v) is 7.47. The van der Waals surface area contributed by atoms with Crippen molar-refractivity contribution in [2.75, 3.05) is 14.1 Å². The third kappa shape index (κ3) is 3.44. The second kappa shape index (κ2) is 8.56. The van der Waals surface area contributed by atoms with Crippen LogP contribution in [-0.2, 0) is 27.2 Å². The second-order valence-electron chi connectivity index (χ2n) is 9.62. The number of hydrogen-bond acceptors (Lipinski definition) is 8. The number of primary amides is 1. The summed E-state index contributed by atoms with van der Waals surface area (Å²) >= 11 is 0. The first kappa shape index (κ1) is 24.5. The average Bonchev–Trinajstić information content (AvgIpc) is 2.77. The van der Waals surface area contributed by atoms with Crippen molar-refractivity contribution in [2.45, 2.75) is 43.7 Å². The van der Waals surface area contributed by atoms with Gasteiger partial charge in [0.15, 0.2) is 11.4 Å². The number of aromatic hydroxyl groups is 1. The van der Waals surface area contributed by atoms with Crippen molar-refractivity contribution >= 4 is 23.2 Å². The molecule has 9 heteroatoms. The number of rotatable bonds is 5. The molecule has 0 aliphatic heterocycles. The Hall–Kier alpha value is -3.61. The number of Topliss-reactive ketones (excluding diaryl/α,β-unsaturated/α-hetero) is 2. The first-order valence-corrected chi connectivity index (χ1v) is 11.4. The number of terminal acetylenes is 1. The number of nitrogens with zero attached hydrogens (tertiary/aromatic N) is 1. The van der Waals surface area contributed by atoms with Crippen LogP contribution in [-0.4, -0.2) is 68.5 Å². The predicted octanol–water partition coefficient (Wildman–Crippen LogP) is 0.920. The number of ketones is 2. The number of amides is 1. The Morgan fingerprint density at radius 2 is 1.94 bits per heavy atom. The number of benzene rings is 1. The summed E-state index contributed by atoms with van der Waals surface area (Å²) in [6.07, 6.45) is 7.55. The molecule has 4 rings (SSSR count). The standard InChI is InChI=1S/C26H28N2O7/c1-4-5-6-7-12-8-9-16(29)18-14(12)10-13-11-15-20(28(2)3)22(31)19(25(27)34)24(33)26(15,35)23(32)17(13)21(18)30/h1,8-9,13,15,20,29-30,33,35H,5-7,10-11H2,2-3H3,(H2,27,34)/t13-,15?,20-,26-/m0/s1. The summed E-state index contributed by atoms with van der Waals surface area (Å²) < 4.78 is 0. The molecule has 1 aromatic carbocycles. The van der Waals surface area contributed by atoms with Crippen LogP contribution in [0.15, 0.2) is 29.0 Å². The number of likely N-dealkylation sites (N-methyl/N-ethyl adjacent to an activating group) is 1. The van der Waals surface area contributed by atoms with E-state index in [1.807, 2.05) is 0 Å². The van der Waals surface area contributed by atoms with Gasteiger partial charge in [-0.05, 0) is 62.9 Å². The minimum Gasteiger partial charge on any atom is -0.508 e. The summed E-state index contributed by atoms with van der Waals surface area (Å²) in [5.74, 6) is -3.97. The van der Waals surface area contributed by atoms with Gasteiger partial charge in [-0.1, -0.05) is 6.07 Å². The summed E-state index contributed by atoms with van der Waals surface area (Å²) in [5.41, 5.74) is 3.34. The number of phenolic OH excluding ortho intramolecular Hbond substituents is 1. The van der Waals surface area contributed by atoms with Crippen molar-refractivity contribution in [1.29, 1.82) is 0 Å². The molecule has 0 saturated heterocycles. The van der Waals surface area contributed by atoms with Crippen molar-refractivity contribution < 1.29 is 34.8 Å². The molecule has 0 heterocycles. The number of fused-ring (bicyclic) bond motifs is 3. The number of aliphatic hydroxyl groups excluding tert-OH is 2. The second-order valence-corrected chi connectivity index (χ2v) is 9.62. The van der Waals surface area contributed by atoms with Gasteiger partial charge in [0.2, 0.25) is 5.78 Å². The predicted molar refractivity (Wildman–Crippen MR) is 126 cm³/mol. The van der Waals surface area contributed by atoms with E-state index in [1.54, 1.807) is 20.2 Å². The van der Waals surface area contributed by atoms with Crippen molar-refractivity contribution in [3.63, 3.8) is 0 Å². The summed E-state index contributed by atoms with van der Waals surface area (Å²) in [4.78, 5) is 40.3. The monoisotopic (exact) mass is 480 g/mol. The van der Waals surface area contributed by atoms with Crippen molar-refractivity contribution in [2.24, 2.45) is 17.6 Å². The Labute approximate surface area is 202 Å². The molecule has 0 bridgehead atoms. The summed E-state index contributed by atoms with van der Waals surface area (Å²) in [7, 11) is 3.13. The Bertz CT molecular complexity index is 1250. The number of unbranched alkanes of at least 4 members (excludes halogenated alkanes) is 1. The fourth-order valence-corrected chi connectivity index (χ4v) is 5.92. The minimum absolute atomic E-state index is 0.0607. The molecule has 0 radical (unpaired) electrons. The normalized spacial score (nSPS) is 27.9. The quantitative estimate of drug-likeness (QED) is 0.236. The fraction of sp³-hybridized carbons (Fsp3) is 0.423. The molecule has 1 aromatic rings. The van der Waals surface area contributed by atoms with Gasteiger partial charge in [0, 0.05) is 17.9 Å². The van der Waals surface area contributed by atoms with Crippen molar-refractivity contribution in [1.82, 2.24) is 4.90 Å². The highest BCUT2D eigenvalue weighted by Gasteiger charge is 2.64. The van der Waals surface area contributed by atoms with Gasteiger partial charge < -0.3 is 26.2 Å². The molecular weight excluding hydrogens is 452 g/mol. The molecule has 3 aliphatic carbocycles. The van der Waals surface area contributed by atoms with Crippen LogP contribution in [0.25, 0.3) is 5.76 Å². The van der Waals surface area contributed by atoms with Gasteiger partial charge in [0.05, 0.1) is 11.6 Å². The molecule has 0 aromatic heterocycles. The van der Waals surface area contributed by atoms with Crippen LogP contribution in [0.3, 0.4) is 0 Å². The van der Waals surface area contributed by atoms with E-state index in [4.69, 9.17) is 12.2 Å². The van der Waals surface area contributed by atoms with Crippen molar-refractivity contribution in [3.05, 3.63) is 45.7 Å². The van der Waals surface area contributed by atoms with Gasteiger partial charge in [0.25, 0.3) is 5.91 Å². The highest BCUT2D eigenvalue weighted by Crippen LogP contribution is 2.52. The van der Waals surface area contributed by atoms with E-state index in [9.17, 15) is 34.8 Å². The maximum absolute atomic E-state index is 13.7. The molecule has 4 atom stereocenters. The SMILES string of the molecule is C#CCCCc1ccc(O)c2c1C[C@H]1CC3[C@H](N(C)C)C(=O)C(C(N)=O)=C(O)[C@@]3(O)C(=O)C1=C2O. The fourth-order valence-electron chi connectivity index (χ4n) is 5.92. The number of carbonyl (C=O) groups excluding carboxylic acids is 3. The zero-order valence-corrected chi connectivity index (χ0v) is 19.5. The molecule has 1 amide bonds. The van der Waals surface area contributed by atoms with Crippen LogP contribution < -0.4 is 5.73 Å². The minimum atomic E-state index is -2.63. The van der Waals surface area contributed by atoms with Crippen LogP contribution >= 0.6 is 0 Å². The number of hydrogen-bond donors (Lipinski definition) is 5. The lowest BCUT2D eigenvalue weighted by Crippen LogP contribution is -2.65. The molecular formula is C26H28N2O7. The largest absolute Gasteiger partial charge is 0.508 e. The topological polar surface area (TPSA) is 161 Å². The number of carbonyl (C=O) groups is 3. The van der Waals surface area contributed by atoms with Crippen LogP contribution in [0.1, 0.15) is 36.0 Å². The smallest absolute Gasteiger partial charge is 0.255 e. The maximum Gasteiger partial charge on any atom is 0.255 e. The van der Waals surface area contributed by atoms with E-state index >= 15 is 0 Å². The highest BCUT2D eigenvalue weighted by atomic mass is 16.3. The van der Waals surface area contributed by atoms with E-state index in [0.717, 1.165) is 5.56 Å². The molecule has 35 heavy (non-hydrogen) atoms. The molecule has 3 aliphatic rings. The van der Waals surface area contributed by atoms with Gasteiger partial charge in [-0.3, -0.25) is 19.3 Å². The Kier molecular flexibility index (Phi) is 5.99. The van der Waals surface area contributed by atoms with E-state index in [1.165, 1.54) is 11.0 Å². The van der Waals surface area contributed by atoms with Gasteiger partial charge in [-0.15, -0.1) is 12.3 Å². The Morgan fingerprint density at radius 1 is 1.26 bits per heavy atom. The number of nitrogens with two attached hydrogens (primary N) is 1. The maximum atomic E-state index is 13.7. The molecule has 184 valence electrons. The number of phenols is 1. The van der Waals surface area contributed by atoms with Crippen LogP contribution in [0.4, 0.5) is 0 Å². The molecule has 6 N–H and O–H groups in total. The van der Waals surface area contributed by atoms with Gasteiger partial charge in [-0.25, -0.2) is 0 Å².